The highest BCUT2D eigenvalue weighted by atomic mass is 16.1. The van der Waals surface area contributed by atoms with Gasteiger partial charge >= 0.3 is 0 Å². The minimum atomic E-state index is 0.0215. The first-order valence-corrected chi connectivity index (χ1v) is 6.63. The molecule has 0 aromatic carbocycles. The molecule has 4 atom stereocenters. The lowest BCUT2D eigenvalue weighted by molar-refractivity contribution is -0.128. The third kappa shape index (κ3) is 0.919. The number of carbonyl (C=O) groups is 1. The third-order valence-corrected chi connectivity index (χ3v) is 6.09. The summed E-state index contributed by atoms with van der Waals surface area (Å²) in [5.41, 5.74) is 1.69. The number of hydrogen-bond acceptors (Lipinski definition) is 1. The summed E-state index contributed by atoms with van der Waals surface area (Å²) in [6, 6.07) is 0. The van der Waals surface area contributed by atoms with Crippen molar-refractivity contribution in [1.82, 2.24) is 0 Å². The Balaban J connectivity index is 2.19. The third-order valence-electron chi connectivity index (χ3n) is 6.09. The Morgan fingerprint density at radius 2 is 2.00 bits per heavy atom. The van der Waals surface area contributed by atoms with Crippen molar-refractivity contribution in [3.63, 3.8) is 0 Å². The van der Waals surface area contributed by atoms with E-state index in [4.69, 9.17) is 0 Å². The van der Waals surface area contributed by atoms with E-state index in [2.05, 4.69) is 27.7 Å². The van der Waals surface area contributed by atoms with Gasteiger partial charge in [0.2, 0.25) is 0 Å². The normalized spacial score (nSPS) is 49.1. The molecule has 0 radical (unpaired) electrons. The molecule has 1 unspecified atom stereocenters. The Hall–Kier alpha value is -0.590. The molecule has 1 nitrogen and oxygen atoms in total. The van der Waals surface area contributed by atoms with E-state index in [1.165, 1.54) is 18.4 Å². The maximum Gasteiger partial charge on any atom is 0.162 e. The van der Waals surface area contributed by atoms with E-state index < -0.39 is 0 Å². The second-order valence-corrected chi connectivity index (χ2v) is 6.90. The Morgan fingerprint density at radius 1 is 1.31 bits per heavy atom. The SMILES string of the molecule is CC1=CC(=O)C23C[C@@H]1C(C)(C)[C@@H]2CC[C@H]3C. The number of ketones is 1. The van der Waals surface area contributed by atoms with Crippen LogP contribution in [0.25, 0.3) is 0 Å². The number of fused-ring (bicyclic) bond motifs is 1. The van der Waals surface area contributed by atoms with Gasteiger partial charge in [-0.2, -0.15) is 0 Å². The maximum atomic E-state index is 12.5. The predicted molar refractivity (Wildman–Crippen MR) is 65.0 cm³/mol. The molecule has 3 aliphatic rings. The van der Waals surface area contributed by atoms with Crippen LogP contribution in [0.15, 0.2) is 11.6 Å². The lowest BCUT2D eigenvalue weighted by atomic mass is 9.67. The maximum absolute atomic E-state index is 12.5. The van der Waals surface area contributed by atoms with Crippen LogP contribution in [0.4, 0.5) is 0 Å². The van der Waals surface area contributed by atoms with Crippen LogP contribution >= 0.6 is 0 Å². The minimum absolute atomic E-state index is 0.0215. The van der Waals surface area contributed by atoms with Gasteiger partial charge in [-0.15, -0.1) is 0 Å². The summed E-state index contributed by atoms with van der Waals surface area (Å²) in [5, 5.41) is 0. The molecule has 2 saturated carbocycles. The Bertz CT molecular complexity index is 390. The smallest absolute Gasteiger partial charge is 0.162 e. The zero-order chi connectivity index (χ0) is 11.7. The van der Waals surface area contributed by atoms with Crippen LogP contribution in [-0.4, -0.2) is 5.78 Å². The van der Waals surface area contributed by atoms with Gasteiger partial charge in [0.05, 0.1) is 0 Å². The average Bonchev–Trinajstić information content (AvgIpc) is 2.61. The van der Waals surface area contributed by atoms with Gasteiger partial charge in [0.25, 0.3) is 0 Å². The topological polar surface area (TPSA) is 17.1 Å². The summed E-state index contributed by atoms with van der Waals surface area (Å²) >= 11 is 0. The van der Waals surface area contributed by atoms with Crippen LogP contribution < -0.4 is 0 Å². The first kappa shape index (κ1) is 10.6. The highest BCUT2D eigenvalue weighted by molar-refractivity contribution is 5.98. The minimum Gasteiger partial charge on any atom is -0.294 e. The molecule has 1 spiro atoms. The molecule has 3 aliphatic carbocycles. The van der Waals surface area contributed by atoms with Crippen LogP contribution in [0.2, 0.25) is 0 Å². The second kappa shape index (κ2) is 2.80. The van der Waals surface area contributed by atoms with Gasteiger partial charge < -0.3 is 0 Å². The number of carbonyl (C=O) groups excluding carboxylic acids is 1. The Morgan fingerprint density at radius 3 is 2.69 bits per heavy atom. The predicted octanol–water partition coefficient (Wildman–Crippen LogP) is 3.59. The summed E-state index contributed by atoms with van der Waals surface area (Å²) in [7, 11) is 0. The van der Waals surface area contributed by atoms with Gasteiger partial charge in [0.1, 0.15) is 0 Å². The van der Waals surface area contributed by atoms with Crippen LogP contribution in [0.5, 0.6) is 0 Å². The van der Waals surface area contributed by atoms with Crippen LogP contribution in [0, 0.1) is 28.6 Å². The summed E-state index contributed by atoms with van der Waals surface area (Å²) in [6.07, 6.45) is 5.61. The van der Waals surface area contributed by atoms with E-state index in [1.807, 2.05) is 6.08 Å². The van der Waals surface area contributed by atoms with Gasteiger partial charge in [-0.3, -0.25) is 4.79 Å². The van der Waals surface area contributed by atoms with E-state index in [0.717, 1.165) is 6.42 Å². The molecule has 16 heavy (non-hydrogen) atoms. The molecule has 1 heteroatoms. The first-order valence-electron chi connectivity index (χ1n) is 6.63. The van der Waals surface area contributed by atoms with Gasteiger partial charge in [-0.1, -0.05) is 26.3 Å². The Labute approximate surface area is 98.3 Å². The van der Waals surface area contributed by atoms with E-state index in [0.29, 0.717) is 29.0 Å². The van der Waals surface area contributed by atoms with Crippen LogP contribution in [0.1, 0.15) is 47.0 Å². The highest BCUT2D eigenvalue weighted by Crippen LogP contribution is 2.69. The van der Waals surface area contributed by atoms with E-state index in [-0.39, 0.29) is 5.41 Å². The van der Waals surface area contributed by atoms with Crippen LogP contribution in [-0.2, 0) is 4.79 Å². The molecule has 88 valence electrons. The molecule has 0 aromatic rings. The van der Waals surface area contributed by atoms with E-state index >= 15 is 0 Å². The summed E-state index contributed by atoms with van der Waals surface area (Å²) in [4.78, 5) is 12.5. The van der Waals surface area contributed by atoms with Crippen molar-refractivity contribution in [2.24, 2.45) is 28.6 Å². The van der Waals surface area contributed by atoms with Crippen molar-refractivity contribution in [1.29, 1.82) is 0 Å². The molecule has 0 N–H and O–H groups in total. The van der Waals surface area contributed by atoms with E-state index in [1.54, 1.807) is 0 Å². The number of hydrogen-bond donors (Lipinski definition) is 0. The Kier molecular flexibility index (Phi) is 1.85. The molecular weight excluding hydrogens is 196 g/mol. The molecule has 0 aliphatic heterocycles. The average molecular weight is 218 g/mol. The van der Waals surface area contributed by atoms with Crippen molar-refractivity contribution in [2.75, 3.05) is 0 Å². The zero-order valence-corrected chi connectivity index (χ0v) is 10.8. The standard InChI is InChI=1S/C15H22O/c1-9-7-13(16)15-8-11(9)14(3,4)12(15)6-5-10(15)2/h7,10-12H,5-6,8H2,1-4H3/t10-,11+,12+,15?/m1/s1. The fourth-order valence-electron chi connectivity index (χ4n) is 5.20. The lowest BCUT2D eigenvalue weighted by Crippen LogP contribution is -2.37. The van der Waals surface area contributed by atoms with Crippen molar-refractivity contribution in [3.05, 3.63) is 11.6 Å². The number of rotatable bonds is 0. The zero-order valence-electron chi connectivity index (χ0n) is 10.8. The van der Waals surface area contributed by atoms with Gasteiger partial charge in [-0.25, -0.2) is 0 Å². The molecular formula is C15H22O. The van der Waals surface area contributed by atoms with E-state index in [9.17, 15) is 4.79 Å². The van der Waals surface area contributed by atoms with Crippen molar-refractivity contribution < 1.29 is 4.79 Å². The first-order chi connectivity index (χ1) is 7.40. The second-order valence-electron chi connectivity index (χ2n) is 6.90. The highest BCUT2D eigenvalue weighted by Gasteiger charge is 2.66. The van der Waals surface area contributed by atoms with Gasteiger partial charge in [0.15, 0.2) is 5.78 Å². The van der Waals surface area contributed by atoms with Crippen molar-refractivity contribution in [3.8, 4) is 0 Å². The summed E-state index contributed by atoms with van der Waals surface area (Å²) in [5.74, 6) is 2.32. The molecule has 3 rings (SSSR count). The molecule has 0 aromatic heterocycles. The van der Waals surface area contributed by atoms with Gasteiger partial charge in [-0.05, 0) is 55.4 Å². The quantitative estimate of drug-likeness (QED) is 0.607. The lowest BCUT2D eigenvalue weighted by Gasteiger charge is -2.35. The summed E-state index contributed by atoms with van der Waals surface area (Å²) < 4.78 is 0. The fourth-order valence-corrected chi connectivity index (χ4v) is 5.20. The monoisotopic (exact) mass is 218 g/mol. The van der Waals surface area contributed by atoms with Crippen LogP contribution in [0.3, 0.4) is 0 Å². The molecule has 0 heterocycles. The fraction of sp³-hybridized carbons (Fsp3) is 0.800. The molecule has 2 bridgehead atoms. The molecule has 0 amide bonds. The summed E-state index contributed by atoms with van der Waals surface area (Å²) in [6.45, 7) is 9.23. The molecule has 0 saturated heterocycles. The van der Waals surface area contributed by atoms with Crippen molar-refractivity contribution >= 4 is 5.78 Å². The van der Waals surface area contributed by atoms with Crippen molar-refractivity contribution in [2.45, 2.75) is 47.0 Å². The molecule has 2 fully saturated rings. The van der Waals surface area contributed by atoms with Gasteiger partial charge in [0, 0.05) is 5.41 Å². The largest absolute Gasteiger partial charge is 0.294 e. The number of allylic oxidation sites excluding steroid dienone is 2.